The van der Waals surface area contributed by atoms with Crippen LogP contribution in [0, 0.1) is 0 Å². The van der Waals surface area contributed by atoms with Crippen LogP contribution in [0.2, 0.25) is 0 Å². The van der Waals surface area contributed by atoms with Crippen LogP contribution < -0.4 is 5.32 Å². The lowest BCUT2D eigenvalue weighted by atomic mass is 9.96. The Morgan fingerprint density at radius 1 is 1.11 bits per heavy atom. The van der Waals surface area contributed by atoms with Crippen molar-refractivity contribution in [1.29, 1.82) is 0 Å². The number of likely N-dealkylation sites (tertiary alicyclic amines) is 1. The largest absolute Gasteiger partial charge is 0.343 e. The second-order valence-electron chi connectivity index (χ2n) is 9.12. The highest BCUT2D eigenvalue weighted by atomic mass is 16.5. The van der Waals surface area contributed by atoms with E-state index in [-0.39, 0.29) is 30.3 Å². The van der Waals surface area contributed by atoms with E-state index >= 15 is 0 Å². The van der Waals surface area contributed by atoms with Gasteiger partial charge in [0.15, 0.2) is 0 Å². The van der Waals surface area contributed by atoms with Crippen LogP contribution >= 0.6 is 0 Å². The van der Waals surface area contributed by atoms with Crippen LogP contribution in [0.15, 0.2) is 59.3 Å². The number of carbonyl (C=O) groups excluding carboxylic acids is 2. The third-order valence-corrected chi connectivity index (χ3v) is 6.42. The van der Waals surface area contributed by atoms with Gasteiger partial charge in [0.25, 0.3) is 5.91 Å². The monoisotopic (exact) mass is 472 g/mol. The van der Waals surface area contributed by atoms with Gasteiger partial charge in [-0.05, 0) is 44.9 Å². The predicted molar refractivity (Wildman–Crippen MR) is 131 cm³/mol. The number of hydrogen-bond donors (Lipinski definition) is 1. The van der Waals surface area contributed by atoms with Gasteiger partial charge in [0.05, 0.1) is 18.3 Å². The number of nitrogens with one attached hydrogen (secondary N) is 1. The molecule has 2 aromatic heterocycles. The van der Waals surface area contributed by atoms with E-state index in [1.165, 1.54) is 0 Å². The average molecular weight is 473 g/mol. The molecular weight excluding hydrogens is 444 g/mol. The minimum Gasteiger partial charge on any atom is -0.343 e. The first-order valence-corrected chi connectivity index (χ1v) is 11.9. The summed E-state index contributed by atoms with van der Waals surface area (Å²) in [5, 5.41) is 12.5. The van der Waals surface area contributed by atoms with Crippen molar-refractivity contribution in [3.8, 4) is 11.4 Å². The van der Waals surface area contributed by atoms with Crippen molar-refractivity contribution in [3.63, 3.8) is 0 Å². The molecule has 9 heteroatoms. The molecule has 0 unspecified atom stereocenters. The maximum Gasteiger partial charge on any atom is 0.251 e. The van der Waals surface area contributed by atoms with E-state index in [4.69, 9.17) is 4.52 Å². The van der Waals surface area contributed by atoms with E-state index in [0.29, 0.717) is 30.4 Å². The van der Waals surface area contributed by atoms with Crippen LogP contribution in [-0.4, -0.2) is 56.3 Å². The first kappa shape index (κ1) is 22.8. The van der Waals surface area contributed by atoms with Gasteiger partial charge in [-0.1, -0.05) is 35.5 Å². The lowest BCUT2D eigenvalue weighted by Gasteiger charge is -2.30. The van der Waals surface area contributed by atoms with Crippen molar-refractivity contribution in [2.45, 2.75) is 38.6 Å². The second kappa shape index (κ2) is 9.69. The summed E-state index contributed by atoms with van der Waals surface area (Å²) in [4.78, 5) is 31.2. The molecule has 2 amide bonds. The van der Waals surface area contributed by atoms with Gasteiger partial charge < -0.3 is 14.7 Å². The molecule has 0 radical (unpaired) electrons. The summed E-state index contributed by atoms with van der Waals surface area (Å²) in [6.07, 6.45) is 3.33. The highest BCUT2D eigenvalue weighted by Gasteiger charge is 2.28. The van der Waals surface area contributed by atoms with Crippen molar-refractivity contribution in [3.05, 3.63) is 66.2 Å². The normalized spacial score (nSPS) is 14.5. The van der Waals surface area contributed by atoms with Crippen LogP contribution in [0.4, 0.5) is 0 Å². The van der Waals surface area contributed by atoms with Gasteiger partial charge in [0, 0.05) is 41.6 Å². The molecule has 1 aliphatic rings. The number of nitrogens with zero attached hydrogens (tertiary/aromatic N) is 5. The fraction of sp³-hybridized carbons (Fsp3) is 0.346. The minimum atomic E-state index is -0.248. The summed E-state index contributed by atoms with van der Waals surface area (Å²) in [6, 6.07) is 15.2. The summed E-state index contributed by atoms with van der Waals surface area (Å²) in [5.74, 6) is 0.919. The summed E-state index contributed by atoms with van der Waals surface area (Å²) in [5.41, 5.74) is 2.46. The van der Waals surface area contributed by atoms with Gasteiger partial charge in [0.2, 0.25) is 17.6 Å². The number of aromatic nitrogens is 4. The molecule has 1 fully saturated rings. The molecule has 3 heterocycles. The van der Waals surface area contributed by atoms with Gasteiger partial charge in [-0.3, -0.25) is 14.3 Å². The topological polar surface area (TPSA) is 106 Å². The SMILES string of the molecule is CC(C)n1ncc2ccc(-c3noc(C4CCN(C(=O)CNC(=O)c5ccccc5)CC4)n3)cc21. The van der Waals surface area contributed by atoms with Crippen LogP contribution in [-0.2, 0) is 4.79 Å². The van der Waals surface area contributed by atoms with Crippen molar-refractivity contribution >= 4 is 22.7 Å². The van der Waals surface area contributed by atoms with Crippen molar-refractivity contribution in [1.82, 2.24) is 30.1 Å². The van der Waals surface area contributed by atoms with Crippen molar-refractivity contribution in [2.75, 3.05) is 19.6 Å². The van der Waals surface area contributed by atoms with E-state index < -0.39 is 0 Å². The molecule has 9 nitrogen and oxygen atoms in total. The standard InChI is InChI=1S/C26H28N6O3/c1-17(2)32-22-14-20(8-9-21(22)15-28-32)24-29-26(35-30-24)19-10-12-31(13-11-19)23(33)16-27-25(34)18-6-4-3-5-7-18/h3-9,14-15,17,19H,10-13,16H2,1-2H3,(H,27,34). The maximum absolute atomic E-state index is 12.6. The molecular formula is C26H28N6O3. The van der Waals surface area contributed by atoms with Gasteiger partial charge >= 0.3 is 0 Å². The van der Waals surface area contributed by atoms with Crippen molar-refractivity contribution in [2.24, 2.45) is 0 Å². The average Bonchev–Trinajstić information content (AvgIpc) is 3.55. The number of amides is 2. The van der Waals surface area contributed by atoms with E-state index in [2.05, 4.69) is 34.4 Å². The Hall–Kier alpha value is -4.01. The lowest BCUT2D eigenvalue weighted by molar-refractivity contribution is -0.131. The second-order valence-corrected chi connectivity index (χ2v) is 9.12. The Labute approximate surface area is 203 Å². The Morgan fingerprint density at radius 3 is 2.63 bits per heavy atom. The van der Waals surface area contributed by atoms with Crippen LogP contribution in [0.3, 0.4) is 0 Å². The first-order valence-electron chi connectivity index (χ1n) is 11.9. The zero-order chi connectivity index (χ0) is 24.4. The zero-order valence-electron chi connectivity index (χ0n) is 19.8. The molecule has 1 aliphatic heterocycles. The molecule has 5 rings (SSSR count). The summed E-state index contributed by atoms with van der Waals surface area (Å²) in [7, 11) is 0. The van der Waals surface area contributed by atoms with E-state index in [1.807, 2.05) is 35.1 Å². The molecule has 0 aliphatic carbocycles. The summed E-state index contributed by atoms with van der Waals surface area (Å²) >= 11 is 0. The van der Waals surface area contributed by atoms with E-state index in [9.17, 15) is 9.59 Å². The molecule has 180 valence electrons. The van der Waals surface area contributed by atoms with Crippen molar-refractivity contribution < 1.29 is 14.1 Å². The molecule has 35 heavy (non-hydrogen) atoms. The van der Waals surface area contributed by atoms with E-state index in [1.54, 1.807) is 29.2 Å². The summed E-state index contributed by atoms with van der Waals surface area (Å²) in [6.45, 7) is 5.35. The van der Waals surface area contributed by atoms with Gasteiger partial charge in [-0.25, -0.2) is 0 Å². The van der Waals surface area contributed by atoms with E-state index in [0.717, 1.165) is 29.3 Å². The number of piperidine rings is 1. The molecule has 2 aromatic carbocycles. The molecule has 1 N–H and O–H groups in total. The molecule has 0 spiro atoms. The Kier molecular flexibility index (Phi) is 6.31. The van der Waals surface area contributed by atoms with Gasteiger partial charge in [-0.2, -0.15) is 10.1 Å². The zero-order valence-corrected chi connectivity index (χ0v) is 19.8. The third-order valence-electron chi connectivity index (χ3n) is 6.42. The Bertz CT molecular complexity index is 1340. The molecule has 4 aromatic rings. The fourth-order valence-corrected chi connectivity index (χ4v) is 4.44. The van der Waals surface area contributed by atoms with Crippen LogP contribution in [0.1, 0.15) is 54.9 Å². The summed E-state index contributed by atoms with van der Waals surface area (Å²) < 4.78 is 7.59. The van der Waals surface area contributed by atoms with Crippen LogP contribution in [0.25, 0.3) is 22.3 Å². The Morgan fingerprint density at radius 2 is 1.89 bits per heavy atom. The lowest BCUT2D eigenvalue weighted by Crippen LogP contribution is -2.43. The molecule has 1 saturated heterocycles. The molecule has 0 bridgehead atoms. The fourth-order valence-electron chi connectivity index (χ4n) is 4.44. The maximum atomic E-state index is 12.6. The quantitative estimate of drug-likeness (QED) is 0.458. The first-order chi connectivity index (χ1) is 17.0. The molecule has 0 saturated carbocycles. The number of fused-ring (bicyclic) bond motifs is 1. The Balaban J connectivity index is 1.18. The predicted octanol–water partition coefficient (Wildman–Crippen LogP) is 3.80. The third kappa shape index (κ3) is 4.80. The van der Waals surface area contributed by atoms with Crippen LogP contribution in [0.5, 0.6) is 0 Å². The van der Waals surface area contributed by atoms with Gasteiger partial charge in [-0.15, -0.1) is 0 Å². The smallest absolute Gasteiger partial charge is 0.251 e. The number of benzene rings is 2. The number of hydrogen-bond acceptors (Lipinski definition) is 6. The number of carbonyl (C=O) groups is 2. The number of rotatable bonds is 6. The van der Waals surface area contributed by atoms with Gasteiger partial charge in [0.1, 0.15) is 0 Å². The molecule has 0 atom stereocenters. The highest BCUT2D eigenvalue weighted by molar-refractivity contribution is 5.96. The highest BCUT2D eigenvalue weighted by Crippen LogP contribution is 2.30. The minimum absolute atomic E-state index is 0.0153.